The van der Waals surface area contributed by atoms with E-state index in [4.69, 9.17) is 4.74 Å². The first-order chi connectivity index (χ1) is 9.32. The van der Waals surface area contributed by atoms with Gasteiger partial charge in [0.2, 0.25) is 0 Å². The molecule has 0 bridgehead atoms. The third-order valence-electron chi connectivity index (χ3n) is 4.67. The number of benzene rings is 2. The molecule has 0 unspecified atom stereocenters. The molecule has 2 heteroatoms. The molecule has 2 aromatic carbocycles. The van der Waals surface area contributed by atoms with Gasteiger partial charge in [-0.25, -0.2) is 0 Å². The molecule has 0 saturated heterocycles. The number of aliphatic hydroxyl groups is 1. The number of hydrogen-bond acceptors (Lipinski definition) is 2. The van der Waals surface area contributed by atoms with Gasteiger partial charge in [0, 0.05) is 5.56 Å². The summed E-state index contributed by atoms with van der Waals surface area (Å²) in [7, 11) is 0. The molecular weight excluding hydrogens is 236 g/mol. The largest absolute Gasteiger partial charge is 0.452 e. The first-order valence-electron chi connectivity index (χ1n) is 6.62. The highest BCUT2D eigenvalue weighted by molar-refractivity contribution is 5.87. The second-order valence-corrected chi connectivity index (χ2v) is 5.52. The topological polar surface area (TPSA) is 32.8 Å². The van der Waals surface area contributed by atoms with E-state index in [2.05, 4.69) is 24.3 Å². The highest BCUT2D eigenvalue weighted by atomic mass is 16.6. The van der Waals surface area contributed by atoms with Gasteiger partial charge in [-0.05, 0) is 23.1 Å². The summed E-state index contributed by atoms with van der Waals surface area (Å²) in [5.41, 5.74) is 4.50. The molecule has 1 spiro atoms. The first kappa shape index (κ1) is 9.82. The third-order valence-corrected chi connectivity index (χ3v) is 4.67. The van der Waals surface area contributed by atoms with Crippen molar-refractivity contribution in [2.24, 2.45) is 0 Å². The SMILES string of the molecule is O[C@H]1C[C@]2(C3=C(O3)c3ccccc32)c2ccccc21. The molecule has 0 aromatic heterocycles. The van der Waals surface area contributed by atoms with E-state index in [-0.39, 0.29) is 5.41 Å². The van der Waals surface area contributed by atoms with Crippen LogP contribution < -0.4 is 0 Å². The second-order valence-electron chi connectivity index (χ2n) is 5.52. The summed E-state index contributed by atoms with van der Waals surface area (Å²) in [6.07, 6.45) is 0.294. The molecular formula is C17H12O2. The van der Waals surface area contributed by atoms with E-state index in [1.807, 2.05) is 24.3 Å². The lowest BCUT2D eigenvalue weighted by Crippen LogP contribution is -2.24. The highest BCUT2D eigenvalue weighted by Gasteiger charge is 2.60. The Bertz CT molecular complexity index is 759. The van der Waals surface area contributed by atoms with E-state index in [0.717, 1.165) is 17.1 Å². The molecule has 92 valence electrons. The van der Waals surface area contributed by atoms with Crippen LogP contribution in [0.15, 0.2) is 54.3 Å². The summed E-state index contributed by atoms with van der Waals surface area (Å²) >= 11 is 0. The smallest absolute Gasteiger partial charge is 0.174 e. The predicted molar refractivity (Wildman–Crippen MR) is 71.2 cm³/mol. The van der Waals surface area contributed by atoms with Crippen LogP contribution in [0.5, 0.6) is 0 Å². The minimum Gasteiger partial charge on any atom is -0.452 e. The summed E-state index contributed by atoms with van der Waals surface area (Å²) in [4.78, 5) is 0. The number of allylic oxidation sites excluding steroid dienone is 1. The molecule has 1 N–H and O–H groups in total. The monoisotopic (exact) mass is 248 g/mol. The normalized spacial score (nSPS) is 29.0. The maximum absolute atomic E-state index is 10.4. The van der Waals surface area contributed by atoms with Gasteiger partial charge in [-0.3, -0.25) is 0 Å². The number of ether oxygens (including phenoxy) is 1. The van der Waals surface area contributed by atoms with Crippen molar-refractivity contribution >= 4 is 5.76 Å². The molecule has 2 aliphatic carbocycles. The zero-order chi connectivity index (χ0) is 12.6. The summed E-state index contributed by atoms with van der Waals surface area (Å²) in [6, 6.07) is 16.6. The number of fused-ring (bicyclic) bond motifs is 6. The molecule has 0 fully saturated rings. The highest BCUT2D eigenvalue weighted by Crippen LogP contribution is 2.66. The zero-order valence-electron chi connectivity index (χ0n) is 10.3. The van der Waals surface area contributed by atoms with E-state index < -0.39 is 6.10 Å². The molecule has 0 amide bonds. The molecule has 2 atom stereocenters. The Morgan fingerprint density at radius 2 is 1.74 bits per heavy atom. The maximum Gasteiger partial charge on any atom is 0.174 e. The molecule has 5 rings (SSSR count). The van der Waals surface area contributed by atoms with Gasteiger partial charge < -0.3 is 9.84 Å². The van der Waals surface area contributed by atoms with Crippen molar-refractivity contribution in [3.63, 3.8) is 0 Å². The van der Waals surface area contributed by atoms with Crippen molar-refractivity contribution in [1.29, 1.82) is 0 Å². The molecule has 1 heterocycles. The van der Waals surface area contributed by atoms with Crippen molar-refractivity contribution < 1.29 is 9.84 Å². The van der Waals surface area contributed by atoms with Crippen molar-refractivity contribution in [2.45, 2.75) is 17.9 Å². The van der Waals surface area contributed by atoms with Crippen LogP contribution in [0.4, 0.5) is 0 Å². The average Bonchev–Trinajstić information content (AvgIpc) is 3.15. The Labute approximate surface area is 111 Å². The molecule has 2 nitrogen and oxygen atoms in total. The molecule has 0 radical (unpaired) electrons. The lowest BCUT2D eigenvalue weighted by molar-refractivity contribution is 0.163. The van der Waals surface area contributed by atoms with Crippen LogP contribution in [0, 0.1) is 0 Å². The van der Waals surface area contributed by atoms with Crippen molar-refractivity contribution in [3.8, 4) is 0 Å². The number of rotatable bonds is 0. The van der Waals surface area contributed by atoms with Crippen LogP contribution >= 0.6 is 0 Å². The maximum atomic E-state index is 10.4. The quantitative estimate of drug-likeness (QED) is 0.777. The zero-order valence-corrected chi connectivity index (χ0v) is 10.3. The van der Waals surface area contributed by atoms with Crippen LogP contribution in [0.3, 0.4) is 0 Å². The van der Waals surface area contributed by atoms with Gasteiger partial charge in [-0.1, -0.05) is 48.5 Å². The van der Waals surface area contributed by atoms with Gasteiger partial charge in [0.15, 0.2) is 11.5 Å². The van der Waals surface area contributed by atoms with Crippen molar-refractivity contribution in [3.05, 3.63) is 76.5 Å². The Kier molecular flexibility index (Phi) is 1.51. The van der Waals surface area contributed by atoms with Gasteiger partial charge in [0.25, 0.3) is 0 Å². The fraction of sp³-hybridized carbons (Fsp3) is 0.176. The molecule has 1 aliphatic heterocycles. The van der Waals surface area contributed by atoms with Gasteiger partial charge in [0.1, 0.15) is 0 Å². The van der Waals surface area contributed by atoms with E-state index in [1.165, 1.54) is 16.7 Å². The van der Waals surface area contributed by atoms with E-state index in [9.17, 15) is 5.11 Å². The van der Waals surface area contributed by atoms with Crippen LogP contribution in [-0.2, 0) is 10.2 Å². The van der Waals surface area contributed by atoms with Gasteiger partial charge in [-0.15, -0.1) is 0 Å². The Morgan fingerprint density at radius 1 is 1.00 bits per heavy atom. The summed E-state index contributed by atoms with van der Waals surface area (Å²) in [5.74, 6) is 2.08. The number of hydrogen-bond donors (Lipinski definition) is 1. The summed E-state index contributed by atoms with van der Waals surface area (Å²) < 4.78 is 5.74. The van der Waals surface area contributed by atoms with Gasteiger partial charge in [-0.2, -0.15) is 0 Å². The van der Waals surface area contributed by atoms with Crippen LogP contribution in [-0.4, -0.2) is 5.11 Å². The first-order valence-corrected chi connectivity index (χ1v) is 6.62. The van der Waals surface area contributed by atoms with Crippen molar-refractivity contribution in [2.75, 3.05) is 0 Å². The summed E-state index contributed by atoms with van der Waals surface area (Å²) in [6.45, 7) is 0. The van der Waals surface area contributed by atoms with Crippen LogP contribution in [0.1, 0.15) is 34.8 Å². The Balaban J connectivity index is 1.87. The molecule has 0 saturated carbocycles. The minimum atomic E-state index is -0.402. The average molecular weight is 248 g/mol. The molecule has 3 aliphatic rings. The fourth-order valence-electron chi connectivity index (χ4n) is 3.87. The molecule has 19 heavy (non-hydrogen) atoms. The van der Waals surface area contributed by atoms with E-state index >= 15 is 0 Å². The fourth-order valence-corrected chi connectivity index (χ4v) is 3.87. The number of aliphatic hydroxyl groups excluding tert-OH is 1. The Hall–Kier alpha value is -2.06. The van der Waals surface area contributed by atoms with Crippen LogP contribution in [0.25, 0.3) is 5.76 Å². The lowest BCUT2D eigenvalue weighted by Gasteiger charge is -2.27. The predicted octanol–water partition coefficient (Wildman–Crippen LogP) is 3.12. The van der Waals surface area contributed by atoms with E-state index in [0.29, 0.717) is 6.42 Å². The van der Waals surface area contributed by atoms with Crippen molar-refractivity contribution in [1.82, 2.24) is 0 Å². The van der Waals surface area contributed by atoms with Gasteiger partial charge in [0.05, 0.1) is 11.5 Å². The minimum absolute atomic E-state index is 0.234. The lowest BCUT2D eigenvalue weighted by atomic mass is 9.76. The van der Waals surface area contributed by atoms with Gasteiger partial charge >= 0.3 is 0 Å². The third kappa shape index (κ3) is 0.955. The summed E-state index contributed by atoms with van der Waals surface area (Å²) in [5, 5.41) is 10.4. The van der Waals surface area contributed by atoms with Crippen LogP contribution in [0.2, 0.25) is 0 Å². The second kappa shape index (κ2) is 2.91. The van der Waals surface area contributed by atoms with E-state index in [1.54, 1.807) is 0 Å². The Morgan fingerprint density at radius 3 is 2.63 bits per heavy atom. The standard InChI is InChI=1S/C17H12O2/c18-14-9-17(12-7-3-1-5-10(12)14)13-8-4-2-6-11(13)15-16(17)19-15/h1-8,14,18H,9H2/t14-,17-/m0/s1. The molecule has 2 aromatic rings.